The molecular formula is C15H19Cl2IN4O. The molecule has 0 fully saturated rings. The second kappa shape index (κ2) is 10.00. The average Bonchev–Trinajstić information content (AvgIpc) is 3.00. The van der Waals surface area contributed by atoms with Crippen LogP contribution in [-0.2, 0) is 13.1 Å². The number of aliphatic imine (C=N–C) groups is 1. The zero-order valence-electron chi connectivity index (χ0n) is 12.9. The van der Waals surface area contributed by atoms with Gasteiger partial charge in [0.1, 0.15) is 12.0 Å². The lowest BCUT2D eigenvalue weighted by molar-refractivity contribution is 0.411. The van der Waals surface area contributed by atoms with Crippen molar-refractivity contribution >= 4 is 53.1 Å². The van der Waals surface area contributed by atoms with Gasteiger partial charge < -0.3 is 14.7 Å². The maximum Gasteiger partial charge on any atom is 0.194 e. The van der Waals surface area contributed by atoms with Gasteiger partial charge in [-0.25, -0.2) is 4.99 Å². The Labute approximate surface area is 163 Å². The first-order valence-electron chi connectivity index (χ1n) is 6.92. The standard InChI is InChI=1S/C15H18Cl2N4O.HI/c1-3-18-15(19-9-12-6-7-22-20-12)21(2)10-11-4-5-13(16)14(17)8-11;/h4-8H,3,9-10H2,1-2H3,(H,18,19);1H. The lowest BCUT2D eigenvalue weighted by Gasteiger charge is -2.22. The lowest BCUT2D eigenvalue weighted by atomic mass is 10.2. The maximum atomic E-state index is 6.05. The third-order valence-electron chi connectivity index (χ3n) is 2.98. The first-order valence-corrected chi connectivity index (χ1v) is 7.68. The Morgan fingerprint density at radius 2 is 2.09 bits per heavy atom. The second-order valence-electron chi connectivity index (χ2n) is 4.77. The van der Waals surface area contributed by atoms with Crippen LogP contribution in [0, 0.1) is 0 Å². The summed E-state index contributed by atoms with van der Waals surface area (Å²) in [6, 6.07) is 7.41. The van der Waals surface area contributed by atoms with Gasteiger partial charge in [-0.3, -0.25) is 0 Å². The Morgan fingerprint density at radius 1 is 1.30 bits per heavy atom. The molecule has 0 aliphatic heterocycles. The molecule has 0 aliphatic rings. The molecule has 126 valence electrons. The van der Waals surface area contributed by atoms with Gasteiger partial charge in [0.2, 0.25) is 0 Å². The highest BCUT2D eigenvalue weighted by Gasteiger charge is 2.08. The molecule has 0 radical (unpaired) electrons. The number of aromatic nitrogens is 1. The highest BCUT2D eigenvalue weighted by Crippen LogP contribution is 2.23. The van der Waals surface area contributed by atoms with Crippen LogP contribution >= 0.6 is 47.2 Å². The number of nitrogens with zero attached hydrogens (tertiary/aromatic N) is 3. The van der Waals surface area contributed by atoms with Gasteiger partial charge in [0.15, 0.2) is 5.96 Å². The van der Waals surface area contributed by atoms with Gasteiger partial charge in [0.25, 0.3) is 0 Å². The molecule has 2 aromatic rings. The molecule has 0 atom stereocenters. The first kappa shape index (κ1) is 20.1. The summed E-state index contributed by atoms with van der Waals surface area (Å²) in [6.07, 6.45) is 1.54. The van der Waals surface area contributed by atoms with E-state index in [-0.39, 0.29) is 24.0 Å². The molecule has 8 heteroatoms. The number of benzene rings is 1. The summed E-state index contributed by atoms with van der Waals surface area (Å²) in [6.45, 7) is 3.94. The molecule has 23 heavy (non-hydrogen) atoms. The largest absolute Gasteiger partial charge is 0.364 e. The number of hydrogen-bond donors (Lipinski definition) is 1. The van der Waals surface area contributed by atoms with E-state index in [1.165, 1.54) is 6.26 Å². The maximum absolute atomic E-state index is 6.05. The number of rotatable bonds is 5. The number of hydrogen-bond acceptors (Lipinski definition) is 3. The molecule has 0 spiro atoms. The van der Waals surface area contributed by atoms with Gasteiger partial charge in [-0.2, -0.15) is 0 Å². The van der Waals surface area contributed by atoms with E-state index in [4.69, 9.17) is 27.7 Å². The lowest BCUT2D eigenvalue weighted by Crippen LogP contribution is -2.38. The molecule has 1 N–H and O–H groups in total. The molecular weight excluding hydrogens is 450 g/mol. The Bertz CT molecular complexity index is 634. The SMILES string of the molecule is CCNC(=NCc1ccon1)N(C)Cc1ccc(Cl)c(Cl)c1.I. The molecule has 0 amide bonds. The van der Waals surface area contributed by atoms with Crippen molar-refractivity contribution in [2.45, 2.75) is 20.0 Å². The van der Waals surface area contributed by atoms with Crippen molar-refractivity contribution in [1.29, 1.82) is 0 Å². The van der Waals surface area contributed by atoms with Crippen LogP contribution in [-0.4, -0.2) is 29.6 Å². The topological polar surface area (TPSA) is 53.7 Å². The van der Waals surface area contributed by atoms with Gasteiger partial charge in [-0.15, -0.1) is 24.0 Å². The summed E-state index contributed by atoms with van der Waals surface area (Å²) >= 11 is 12.0. The molecule has 1 heterocycles. The van der Waals surface area contributed by atoms with E-state index in [0.29, 0.717) is 23.1 Å². The van der Waals surface area contributed by atoms with Gasteiger partial charge >= 0.3 is 0 Å². The molecule has 5 nitrogen and oxygen atoms in total. The minimum absolute atomic E-state index is 0. The van der Waals surface area contributed by atoms with Crippen molar-refractivity contribution in [3.63, 3.8) is 0 Å². The third kappa shape index (κ3) is 6.19. The molecule has 0 aliphatic carbocycles. The fourth-order valence-corrected chi connectivity index (χ4v) is 2.25. The highest BCUT2D eigenvalue weighted by molar-refractivity contribution is 14.0. The summed E-state index contributed by atoms with van der Waals surface area (Å²) in [5, 5.41) is 8.21. The van der Waals surface area contributed by atoms with Crippen LogP contribution in [0.1, 0.15) is 18.2 Å². The van der Waals surface area contributed by atoms with Crippen LogP contribution in [0.4, 0.5) is 0 Å². The van der Waals surface area contributed by atoms with Crippen molar-refractivity contribution in [3.8, 4) is 0 Å². The molecule has 0 bridgehead atoms. The monoisotopic (exact) mass is 468 g/mol. The van der Waals surface area contributed by atoms with E-state index < -0.39 is 0 Å². The van der Waals surface area contributed by atoms with E-state index in [2.05, 4.69) is 15.5 Å². The number of halogens is 3. The van der Waals surface area contributed by atoms with Crippen molar-refractivity contribution < 1.29 is 4.52 Å². The predicted octanol–water partition coefficient (Wildman–Crippen LogP) is 4.20. The molecule has 0 saturated heterocycles. The van der Waals surface area contributed by atoms with E-state index in [1.807, 2.05) is 31.0 Å². The van der Waals surface area contributed by atoms with Gasteiger partial charge in [0, 0.05) is 26.2 Å². The third-order valence-corrected chi connectivity index (χ3v) is 3.72. The Hall–Kier alpha value is -0.990. The van der Waals surface area contributed by atoms with Crippen LogP contribution in [0.2, 0.25) is 10.0 Å². The zero-order chi connectivity index (χ0) is 15.9. The van der Waals surface area contributed by atoms with E-state index >= 15 is 0 Å². The summed E-state index contributed by atoms with van der Waals surface area (Å²) in [7, 11) is 1.97. The zero-order valence-corrected chi connectivity index (χ0v) is 16.8. The Morgan fingerprint density at radius 3 is 2.70 bits per heavy atom. The normalized spacial score (nSPS) is 11.0. The minimum Gasteiger partial charge on any atom is -0.364 e. The molecule has 1 aromatic carbocycles. The summed E-state index contributed by atoms with van der Waals surface area (Å²) in [5.41, 5.74) is 1.85. The van der Waals surface area contributed by atoms with Crippen LogP contribution in [0.25, 0.3) is 0 Å². The van der Waals surface area contributed by atoms with Crippen molar-refractivity contribution in [2.24, 2.45) is 4.99 Å². The smallest absolute Gasteiger partial charge is 0.194 e. The average molecular weight is 469 g/mol. The highest BCUT2D eigenvalue weighted by atomic mass is 127. The van der Waals surface area contributed by atoms with E-state index in [1.54, 1.807) is 12.1 Å². The fraction of sp³-hybridized carbons (Fsp3) is 0.333. The van der Waals surface area contributed by atoms with Crippen molar-refractivity contribution in [2.75, 3.05) is 13.6 Å². The number of guanidine groups is 1. The van der Waals surface area contributed by atoms with Gasteiger partial charge in [-0.05, 0) is 24.6 Å². The van der Waals surface area contributed by atoms with Crippen LogP contribution in [0.5, 0.6) is 0 Å². The van der Waals surface area contributed by atoms with Crippen LogP contribution in [0.3, 0.4) is 0 Å². The fourth-order valence-electron chi connectivity index (χ4n) is 1.93. The summed E-state index contributed by atoms with van der Waals surface area (Å²) in [5.74, 6) is 0.788. The van der Waals surface area contributed by atoms with Gasteiger partial charge in [0.05, 0.1) is 16.6 Å². The molecule has 0 unspecified atom stereocenters. The number of nitrogens with one attached hydrogen (secondary N) is 1. The first-order chi connectivity index (χ1) is 10.6. The van der Waals surface area contributed by atoms with Crippen molar-refractivity contribution in [3.05, 3.63) is 51.8 Å². The predicted molar refractivity (Wildman–Crippen MR) is 105 cm³/mol. The summed E-state index contributed by atoms with van der Waals surface area (Å²) < 4.78 is 4.81. The minimum atomic E-state index is 0. The molecule has 2 rings (SSSR count). The van der Waals surface area contributed by atoms with Crippen molar-refractivity contribution in [1.82, 2.24) is 15.4 Å². The summed E-state index contributed by atoms with van der Waals surface area (Å²) in [4.78, 5) is 6.56. The van der Waals surface area contributed by atoms with Crippen LogP contribution in [0.15, 0.2) is 40.0 Å². The quantitative estimate of drug-likeness (QED) is 0.406. The van der Waals surface area contributed by atoms with E-state index in [0.717, 1.165) is 23.8 Å². The Kier molecular flexibility index (Phi) is 8.72. The van der Waals surface area contributed by atoms with Crippen LogP contribution < -0.4 is 5.32 Å². The molecule has 1 aromatic heterocycles. The second-order valence-corrected chi connectivity index (χ2v) is 5.58. The van der Waals surface area contributed by atoms with E-state index in [9.17, 15) is 0 Å². The Balaban J connectivity index is 0.00000264. The molecule has 0 saturated carbocycles. The van der Waals surface area contributed by atoms with Gasteiger partial charge in [-0.1, -0.05) is 34.4 Å².